The number of anilines is 1. The zero-order valence-electron chi connectivity index (χ0n) is 11.8. The van der Waals surface area contributed by atoms with Crippen molar-refractivity contribution in [2.75, 3.05) is 18.5 Å². The highest BCUT2D eigenvalue weighted by Gasteiger charge is 2.06. The van der Waals surface area contributed by atoms with Gasteiger partial charge in [-0.05, 0) is 42.8 Å². The Morgan fingerprint density at radius 2 is 2.10 bits per heavy atom. The topological polar surface area (TPSA) is 42.2 Å². The first-order valence-electron chi connectivity index (χ1n) is 6.59. The molecule has 0 fully saturated rings. The Labute approximate surface area is 125 Å². The molecule has 1 aromatic carbocycles. The van der Waals surface area contributed by atoms with Gasteiger partial charge in [0.05, 0.1) is 0 Å². The van der Waals surface area contributed by atoms with Crippen LogP contribution < -0.4 is 10.6 Å². The molecule has 2 aromatic rings. The molecule has 0 saturated carbocycles. The third-order valence-electron chi connectivity index (χ3n) is 3.35. The second-order valence-electron chi connectivity index (χ2n) is 4.86. The average Bonchev–Trinajstić information content (AvgIpc) is 2.45. The van der Waals surface area contributed by atoms with Crippen LogP contribution in [0.5, 0.6) is 0 Å². The first-order valence-corrected chi connectivity index (χ1v) is 7.00. The number of pyridine rings is 1. The molecule has 0 atom stereocenters. The van der Waals surface area contributed by atoms with E-state index in [1.54, 1.807) is 0 Å². The molecule has 2 N–H and O–H groups in total. The summed E-state index contributed by atoms with van der Waals surface area (Å²) in [5.41, 5.74) is 10.0. The second-order valence-corrected chi connectivity index (χ2v) is 5.30. The minimum absolute atomic E-state index is 0.449. The van der Waals surface area contributed by atoms with Crippen LogP contribution in [0.1, 0.15) is 16.8 Å². The van der Waals surface area contributed by atoms with E-state index in [-0.39, 0.29) is 0 Å². The molecular formula is C16H19N3S. The lowest BCUT2D eigenvalue weighted by Crippen LogP contribution is -2.21. The van der Waals surface area contributed by atoms with E-state index in [4.69, 9.17) is 18.0 Å². The minimum Gasteiger partial charge on any atom is -0.389 e. The zero-order valence-corrected chi connectivity index (χ0v) is 12.7. The lowest BCUT2D eigenvalue weighted by atomic mass is 10.1. The van der Waals surface area contributed by atoms with E-state index in [2.05, 4.69) is 35.1 Å². The quantitative estimate of drug-likeness (QED) is 0.858. The Balaban J connectivity index is 2.04. The summed E-state index contributed by atoms with van der Waals surface area (Å²) < 4.78 is 0. The van der Waals surface area contributed by atoms with Crippen LogP contribution in [0.4, 0.5) is 5.69 Å². The Kier molecular flexibility index (Phi) is 4.69. The summed E-state index contributed by atoms with van der Waals surface area (Å²) in [6.07, 6.45) is 2.75. The maximum atomic E-state index is 5.69. The molecule has 0 aliphatic rings. The Bertz CT molecular complexity index is 596. The number of hydrogen-bond acceptors (Lipinski definition) is 3. The van der Waals surface area contributed by atoms with Crippen LogP contribution in [-0.2, 0) is 6.42 Å². The van der Waals surface area contributed by atoms with Crippen molar-refractivity contribution >= 4 is 22.9 Å². The SMILES string of the molecule is Cc1cc(N(C)CCc2ccccn2)ccc1C(N)=S. The Morgan fingerprint density at radius 1 is 1.30 bits per heavy atom. The van der Waals surface area contributed by atoms with E-state index >= 15 is 0 Å². The fourth-order valence-corrected chi connectivity index (χ4v) is 2.35. The van der Waals surface area contributed by atoms with Crippen LogP contribution in [0, 0.1) is 6.92 Å². The Hall–Kier alpha value is -1.94. The molecule has 0 saturated heterocycles. The number of rotatable bonds is 5. The van der Waals surface area contributed by atoms with Gasteiger partial charge in [-0.15, -0.1) is 0 Å². The van der Waals surface area contributed by atoms with Crippen LogP contribution in [0.3, 0.4) is 0 Å². The molecule has 1 heterocycles. The van der Waals surface area contributed by atoms with Crippen molar-refractivity contribution in [1.82, 2.24) is 4.98 Å². The van der Waals surface area contributed by atoms with Crippen LogP contribution in [-0.4, -0.2) is 23.6 Å². The van der Waals surface area contributed by atoms with Gasteiger partial charge in [0.25, 0.3) is 0 Å². The van der Waals surface area contributed by atoms with Crippen LogP contribution in [0.2, 0.25) is 0 Å². The molecule has 0 amide bonds. The van der Waals surface area contributed by atoms with Crippen molar-refractivity contribution in [2.24, 2.45) is 5.73 Å². The van der Waals surface area contributed by atoms with E-state index in [1.807, 2.05) is 31.3 Å². The summed E-state index contributed by atoms with van der Waals surface area (Å²) in [5.74, 6) is 0. The minimum atomic E-state index is 0.449. The molecule has 0 unspecified atom stereocenters. The predicted octanol–water partition coefficient (Wildman–Crippen LogP) is 2.70. The van der Waals surface area contributed by atoms with E-state index in [0.29, 0.717) is 4.99 Å². The van der Waals surface area contributed by atoms with Crippen molar-refractivity contribution in [1.29, 1.82) is 0 Å². The van der Waals surface area contributed by atoms with Gasteiger partial charge in [-0.1, -0.05) is 18.3 Å². The number of likely N-dealkylation sites (N-methyl/N-ethyl adjacent to an activating group) is 1. The fraction of sp³-hybridized carbons (Fsp3) is 0.250. The first kappa shape index (κ1) is 14.5. The highest BCUT2D eigenvalue weighted by atomic mass is 32.1. The summed E-state index contributed by atoms with van der Waals surface area (Å²) >= 11 is 5.03. The number of thiocarbonyl (C=S) groups is 1. The van der Waals surface area contributed by atoms with Gasteiger partial charge in [0, 0.05) is 43.2 Å². The van der Waals surface area contributed by atoms with Gasteiger partial charge in [0.1, 0.15) is 4.99 Å². The van der Waals surface area contributed by atoms with Gasteiger partial charge < -0.3 is 10.6 Å². The largest absolute Gasteiger partial charge is 0.389 e. The van der Waals surface area contributed by atoms with Crippen LogP contribution in [0.15, 0.2) is 42.6 Å². The lowest BCUT2D eigenvalue weighted by Gasteiger charge is -2.20. The van der Waals surface area contributed by atoms with Gasteiger partial charge in [0.2, 0.25) is 0 Å². The lowest BCUT2D eigenvalue weighted by molar-refractivity contribution is 0.852. The van der Waals surface area contributed by atoms with E-state index in [0.717, 1.165) is 29.8 Å². The molecule has 4 heteroatoms. The first-order chi connectivity index (χ1) is 9.58. The summed E-state index contributed by atoms with van der Waals surface area (Å²) in [4.78, 5) is 7.00. The number of nitrogens with two attached hydrogens (primary N) is 1. The number of aryl methyl sites for hydroxylation is 1. The fourth-order valence-electron chi connectivity index (χ4n) is 2.12. The van der Waals surface area contributed by atoms with Gasteiger partial charge in [-0.3, -0.25) is 4.98 Å². The van der Waals surface area contributed by atoms with Gasteiger partial charge in [0.15, 0.2) is 0 Å². The third-order valence-corrected chi connectivity index (χ3v) is 3.57. The van der Waals surface area contributed by atoms with Crippen LogP contribution in [0.25, 0.3) is 0 Å². The van der Waals surface area contributed by atoms with Crippen LogP contribution >= 0.6 is 12.2 Å². The standard InChI is InChI=1S/C16H19N3S/c1-12-11-14(6-7-15(12)16(17)20)19(2)10-8-13-5-3-4-9-18-13/h3-7,9,11H,8,10H2,1-2H3,(H2,17,20). The predicted molar refractivity (Wildman–Crippen MR) is 88.3 cm³/mol. The average molecular weight is 285 g/mol. The van der Waals surface area contributed by atoms with E-state index < -0.39 is 0 Å². The molecule has 1 aromatic heterocycles. The van der Waals surface area contributed by atoms with E-state index in [1.165, 1.54) is 5.69 Å². The van der Waals surface area contributed by atoms with Gasteiger partial charge in [-0.2, -0.15) is 0 Å². The molecule has 3 nitrogen and oxygen atoms in total. The summed E-state index contributed by atoms with van der Waals surface area (Å²) in [6.45, 7) is 2.95. The highest BCUT2D eigenvalue weighted by Crippen LogP contribution is 2.18. The third kappa shape index (κ3) is 3.54. The van der Waals surface area contributed by atoms with Crippen molar-refractivity contribution < 1.29 is 0 Å². The number of hydrogen-bond donors (Lipinski definition) is 1. The monoisotopic (exact) mass is 285 g/mol. The molecule has 0 bridgehead atoms. The maximum absolute atomic E-state index is 5.69. The molecule has 0 aliphatic carbocycles. The zero-order chi connectivity index (χ0) is 14.5. The maximum Gasteiger partial charge on any atom is 0.104 e. The highest BCUT2D eigenvalue weighted by molar-refractivity contribution is 7.80. The van der Waals surface area contributed by atoms with Crippen molar-refractivity contribution in [2.45, 2.75) is 13.3 Å². The summed E-state index contributed by atoms with van der Waals surface area (Å²) in [5, 5.41) is 0. The molecule has 104 valence electrons. The summed E-state index contributed by atoms with van der Waals surface area (Å²) in [7, 11) is 2.08. The molecular weight excluding hydrogens is 266 g/mol. The van der Waals surface area contributed by atoms with Crippen molar-refractivity contribution in [3.63, 3.8) is 0 Å². The normalized spacial score (nSPS) is 10.3. The molecule has 0 spiro atoms. The van der Waals surface area contributed by atoms with Crippen molar-refractivity contribution in [3.05, 3.63) is 59.4 Å². The van der Waals surface area contributed by atoms with Gasteiger partial charge in [-0.25, -0.2) is 0 Å². The van der Waals surface area contributed by atoms with Gasteiger partial charge >= 0.3 is 0 Å². The summed E-state index contributed by atoms with van der Waals surface area (Å²) in [6, 6.07) is 12.2. The number of nitrogens with zero attached hydrogens (tertiary/aromatic N) is 2. The number of benzene rings is 1. The number of aromatic nitrogens is 1. The molecule has 0 radical (unpaired) electrons. The second kappa shape index (κ2) is 6.48. The molecule has 2 rings (SSSR count). The van der Waals surface area contributed by atoms with Crippen molar-refractivity contribution in [3.8, 4) is 0 Å². The smallest absolute Gasteiger partial charge is 0.104 e. The Morgan fingerprint density at radius 3 is 2.70 bits per heavy atom. The molecule has 20 heavy (non-hydrogen) atoms. The molecule has 0 aliphatic heterocycles. The van der Waals surface area contributed by atoms with E-state index in [9.17, 15) is 0 Å².